The third-order valence-corrected chi connectivity index (χ3v) is 4.01. The fraction of sp³-hybridized carbons (Fsp3) is 0.444. The molecule has 1 heterocycles. The second kappa shape index (κ2) is 6.77. The van der Waals surface area contributed by atoms with Crippen molar-refractivity contribution in [3.63, 3.8) is 0 Å². The molecule has 1 aromatic carbocycles. The van der Waals surface area contributed by atoms with Crippen LogP contribution >= 0.6 is 0 Å². The molecule has 0 radical (unpaired) electrons. The first kappa shape index (κ1) is 16.3. The highest BCUT2D eigenvalue weighted by atomic mass is 16.1. The van der Waals surface area contributed by atoms with E-state index in [1.165, 1.54) is 0 Å². The standard InChI is InChI=1S/C18H25N3O/c1-12(2)15(5)19-18(22)17-8-6-16(7-9-17)11-21-14(4)10-13(3)20-21/h6-10,12,15H,11H2,1-5H3,(H,19,22)/t15-/m0/s1. The number of aryl methyl sites for hydroxylation is 2. The van der Waals surface area contributed by atoms with E-state index in [1.807, 2.05) is 42.8 Å². The zero-order valence-electron chi connectivity index (χ0n) is 14.1. The Bertz CT molecular complexity index is 641. The molecule has 0 aliphatic rings. The third kappa shape index (κ3) is 3.97. The predicted molar refractivity (Wildman–Crippen MR) is 89.0 cm³/mol. The molecule has 22 heavy (non-hydrogen) atoms. The van der Waals surface area contributed by atoms with E-state index in [4.69, 9.17) is 0 Å². The first-order valence-corrected chi connectivity index (χ1v) is 7.77. The number of amides is 1. The van der Waals surface area contributed by atoms with Gasteiger partial charge in [-0.05, 0) is 50.5 Å². The summed E-state index contributed by atoms with van der Waals surface area (Å²) in [4.78, 5) is 12.2. The average Bonchev–Trinajstić information content (AvgIpc) is 2.77. The zero-order valence-corrected chi connectivity index (χ0v) is 14.1. The fourth-order valence-electron chi connectivity index (χ4n) is 2.23. The molecular formula is C18H25N3O. The van der Waals surface area contributed by atoms with Gasteiger partial charge in [0, 0.05) is 17.3 Å². The SMILES string of the molecule is Cc1cc(C)n(Cc2ccc(C(=O)N[C@@H](C)C(C)C)cc2)n1. The lowest BCUT2D eigenvalue weighted by Gasteiger charge is -2.17. The molecule has 0 aliphatic heterocycles. The lowest BCUT2D eigenvalue weighted by molar-refractivity contribution is 0.0930. The Morgan fingerprint density at radius 1 is 1.18 bits per heavy atom. The van der Waals surface area contributed by atoms with E-state index in [-0.39, 0.29) is 11.9 Å². The summed E-state index contributed by atoms with van der Waals surface area (Å²) in [7, 11) is 0. The molecule has 0 saturated heterocycles. The maximum Gasteiger partial charge on any atom is 0.251 e. The molecule has 2 rings (SSSR count). The Morgan fingerprint density at radius 2 is 1.82 bits per heavy atom. The van der Waals surface area contributed by atoms with Crippen LogP contribution in [-0.2, 0) is 6.54 Å². The molecule has 0 aliphatic carbocycles. The van der Waals surface area contributed by atoms with Crippen molar-refractivity contribution in [2.24, 2.45) is 5.92 Å². The summed E-state index contributed by atoms with van der Waals surface area (Å²) in [5.41, 5.74) is 4.01. The van der Waals surface area contributed by atoms with Crippen molar-refractivity contribution in [1.29, 1.82) is 0 Å². The van der Waals surface area contributed by atoms with Gasteiger partial charge in [-0.2, -0.15) is 5.10 Å². The molecule has 4 heteroatoms. The molecule has 4 nitrogen and oxygen atoms in total. The van der Waals surface area contributed by atoms with Crippen LogP contribution in [0.15, 0.2) is 30.3 Å². The Labute approximate surface area is 132 Å². The Balaban J connectivity index is 2.04. The number of nitrogens with zero attached hydrogens (tertiary/aromatic N) is 2. The maximum absolute atomic E-state index is 12.2. The predicted octanol–water partition coefficient (Wildman–Crippen LogP) is 3.32. The number of benzene rings is 1. The number of rotatable bonds is 5. The van der Waals surface area contributed by atoms with Crippen LogP contribution in [0.5, 0.6) is 0 Å². The molecule has 0 spiro atoms. The Kier molecular flexibility index (Phi) is 5.01. The Hall–Kier alpha value is -2.10. The summed E-state index contributed by atoms with van der Waals surface area (Å²) in [5, 5.41) is 7.48. The highest BCUT2D eigenvalue weighted by molar-refractivity contribution is 5.94. The van der Waals surface area contributed by atoms with Crippen molar-refractivity contribution in [3.8, 4) is 0 Å². The van der Waals surface area contributed by atoms with Gasteiger partial charge in [0.25, 0.3) is 5.91 Å². The largest absolute Gasteiger partial charge is 0.349 e. The molecule has 0 saturated carbocycles. The highest BCUT2D eigenvalue weighted by Gasteiger charge is 2.12. The number of hydrogen-bond donors (Lipinski definition) is 1. The number of aromatic nitrogens is 2. The van der Waals surface area contributed by atoms with Crippen molar-refractivity contribution in [1.82, 2.24) is 15.1 Å². The first-order valence-electron chi connectivity index (χ1n) is 7.77. The highest BCUT2D eigenvalue weighted by Crippen LogP contribution is 2.10. The van der Waals surface area contributed by atoms with Gasteiger partial charge >= 0.3 is 0 Å². The smallest absolute Gasteiger partial charge is 0.251 e. The van der Waals surface area contributed by atoms with Crippen molar-refractivity contribution < 1.29 is 4.79 Å². The summed E-state index contributed by atoms with van der Waals surface area (Å²) >= 11 is 0. The Morgan fingerprint density at radius 3 is 2.32 bits per heavy atom. The molecule has 0 unspecified atom stereocenters. The van der Waals surface area contributed by atoms with E-state index in [9.17, 15) is 4.79 Å². The minimum absolute atomic E-state index is 0.0149. The van der Waals surface area contributed by atoms with Gasteiger partial charge in [-0.25, -0.2) is 0 Å². The minimum atomic E-state index is -0.0149. The first-order chi connectivity index (χ1) is 10.4. The second-order valence-electron chi connectivity index (χ2n) is 6.29. The van der Waals surface area contributed by atoms with Gasteiger partial charge in [0.1, 0.15) is 0 Å². The van der Waals surface area contributed by atoms with Crippen LogP contribution < -0.4 is 5.32 Å². The number of nitrogens with one attached hydrogen (secondary N) is 1. The number of hydrogen-bond acceptors (Lipinski definition) is 2. The normalized spacial score (nSPS) is 12.5. The molecule has 1 N–H and O–H groups in total. The van der Waals surface area contributed by atoms with Crippen molar-refractivity contribution in [2.75, 3.05) is 0 Å². The third-order valence-electron chi connectivity index (χ3n) is 4.01. The van der Waals surface area contributed by atoms with Crippen molar-refractivity contribution in [3.05, 3.63) is 52.8 Å². The molecule has 0 fully saturated rings. The van der Waals surface area contributed by atoms with Crippen LogP contribution in [0.1, 0.15) is 48.1 Å². The van der Waals surface area contributed by atoms with Crippen LogP contribution in [-0.4, -0.2) is 21.7 Å². The molecule has 1 atom stereocenters. The number of carbonyl (C=O) groups is 1. The van der Waals surface area contributed by atoms with Gasteiger partial charge in [0.15, 0.2) is 0 Å². The van der Waals surface area contributed by atoms with Gasteiger partial charge in [-0.15, -0.1) is 0 Å². The molecule has 118 valence electrons. The van der Waals surface area contributed by atoms with Gasteiger partial charge in [0.05, 0.1) is 12.2 Å². The van der Waals surface area contributed by atoms with Gasteiger partial charge in [0.2, 0.25) is 0 Å². The van der Waals surface area contributed by atoms with E-state index >= 15 is 0 Å². The van der Waals surface area contributed by atoms with Crippen molar-refractivity contribution in [2.45, 2.75) is 47.2 Å². The summed E-state index contributed by atoms with van der Waals surface area (Å²) < 4.78 is 1.98. The van der Waals surface area contributed by atoms with Crippen LogP contribution in [0.2, 0.25) is 0 Å². The van der Waals surface area contributed by atoms with Crippen LogP contribution in [0.4, 0.5) is 0 Å². The monoisotopic (exact) mass is 299 g/mol. The van der Waals surface area contributed by atoms with Gasteiger partial charge in [-0.3, -0.25) is 9.48 Å². The minimum Gasteiger partial charge on any atom is -0.349 e. The van der Waals surface area contributed by atoms with E-state index in [1.54, 1.807) is 0 Å². The maximum atomic E-state index is 12.2. The second-order valence-corrected chi connectivity index (χ2v) is 6.29. The van der Waals surface area contributed by atoms with Crippen LogP contribution in [0.3, 0.4) is 0 Å². The lowest BCUT2D eigenvalue weighted by atomic mass is 10.1. The van der Waals surface area contributed by atoms with Crippen molar-refractivity contribution >= 4 is 5.91 Å². The molecule has 0 bridgehead atoms. The molecule has 1 aromatic heterocycles. The van der Waals surface area contributed by atoms with Crippen LogP contribution in [0, 0.1) is 19.8 Å². The molecule has 1 amide bonds. The van der Waals surface area contributed by atoms with E-state index < -0.39 is 0 Å². The molecular weight excluding hydrogens is 274 g/mol. The number of carbonyl (C=O) groups excluding carboxylic acids is 1. The summed E-state index contributed by atoms with van der Waals surface area (Å²) in [6.07, 6.45) is 0. The zero-order chi connectivity index (χ0) is 16.3. The van der Waals surface area contributed by atoms with E-state index in [0.717, 1.165) is 23.5 Å². The van der Waals surface area contributed by atoms with E-state index in [0.29, 0.717) is 11.5 Å². The van der Waals surface area contributed by atoms with Gasteiger partial charge < -0.3 is 5.32 Å². The van der Waals surface area contributed by atoms with Crippen LogP contribution in [0.25, 0.3) is 0 Å². The quantitative estimate of drug-likeness (QED) is 0.920. The average molecular weight is 299 g/mol. The van der Waals surface area contributed by atoms with E-state index in [2.05, 4.69) is 37.3 Å². The fourth-order valence-corrected chi connectivity index (χ4v) is 2.23. The topological polar surface area (TPSA) is 46.9 Å². The lowest BCUT2D eigenvalue weighted by Crippen LogP contribution is -2.36. The van der Waals surface area contributed by atoms with Gasteiger partial charge in [-0.1, -0.05) is 26.0 Å². The summed E-state index contributed by atoms with van der Waals surface area (Å²) in [5.74, 6) is 0.410. The summed E-state index contributed by atoms with van der Waals surface area (Å²) in [6.45, 7) is 11.0. The molecule has 2 aromatic rings. The summed E-state index contributed by atoms with van der Waals surface area (Å²) in [6, 6.07) is 9.97.